The Morgan fingerprint density at radius 3 is 2.58 bits per heavy atom. The molecule has 1 aromatic carbocycles. The van der Waals surface area contributed by atoms with Crippen LogP contribution >= 0.6 is 0 Å². The van der Waals surface area contributed by atoms with Crippen molar-refractivity contribution in [2.45, 2.75) is 12.2 Å². The van der Waals surface area contributed by atoms with Gasteiger partial charge < -0.3 is 10.1 Å². The van der Waals surface area contributed by atoms with Gasteiger partial charge in [0.05, 0.1) is 18.0 Å². The molecule has 1 aliphatic rings. The summed E-state index contributed by atoms with van der Waals surface area (Å²) in [5.74, 6) is -0.327. The number of nitrogens with zero attached hydrogens (tertiary/aromatic N) is 1. The van der Waals surface area contributed by atoms with Crippen LogP contribution in [-0.2, 0) is 4.74 Å². The normalized spacial score (nSPS) is 23.2. The standard InChI is InChI=1S/C15H15FN2O/c16-12-6-7-13(18-8-12)15-10-17-9-14(19-15)11-4-2-1-3-5-11/h1-8,14-15,17H,9-10H2. The number of halogens is 1. The van der Waals surface area contributed by atoms with Crippen LogP contribution in [0.15, 0.2) is 48.7 Å². The molecule has 3 nitrogen and oxygen atoms in total. The minimum absolute atomic E-state index is 0.00630. The zero-order valence-corrected chi connectivity index (χ0v) is 10.4. The molecule has 0 spiro atoms. The highest BCUT2D eigenvalue weighted by atomic mass is 19.1. The van der Waals surface area contributed by atoms with Gasteiger partial charge in [-0.2, -0.15) is 0 Å². The summed E-state index contributed by atoms with van der Waals surface area (Å²) in [7, 11) is 0. The number of rotatable bonds is 2. The van der Waals surface area contributed by atoms with Gasteiger partial charge in [-0.1, -0.05) is 30.3 Å². The van der Waals surface area contributed by atoms with Crippen molar-refractivity contribution in [2.75, 3.05) is 13.1 Å². The van der Waals surface area contributed by atoms with Crippen molar-refractivity contribution in [3.05, 3.63) is 65.7 Å². The number of morpholine rings is 1. The van der Waals surface area contributed by atoms with E-state index >= 15 is 0 Å². The maximum absolute atomic E-state index is 12.9. The molecule has 3 rings (SSSR count). The number of nitrogens with one attached hydrogen (secondary N) is 1. The first-order valence-electron chi connectivity index (χ1n) is 6.35. The summed E-state index contributed by atoms with van der Waals surface area (Å²) in [5.41, 5.74) is 1.90. The molecule has 4 heteroatoms. The number of ether oxygens (including phenoxy) is 1. The second-order valence-electron chi connectivity index (χ2n) is 4.58. The molecule has 19 heavy (non-hydrogen) atoms. The summed E-state index contributed by atoms with van der Waals surface area (Å²) in [6, 6.07) is 13.2. The molecule has 0 radical (unpaired) electrons. The Bertz CT molecular complexity index is 530. The van der Waals surface area contributed by atoms with Crippen LogP contribution in [0.4, 0.5) is 4.39 Å². The number of hydrogen-bond donors (Lipinski definition) is 1. The van der Waals surface area contributed by atoms with Crippen LogP contribution in [0.2, 0.25) is 0 Å². The smallest absolute Gasteiger partial charge is 0.141 e. The Hall–Kier alpha value is -1.78. The lowest BCUT2D eigenvalue weighted by Gasteiger charge is -2.30. The van der Waals surface area contributed by atoms with Crippen LogP contribution in [0.25, 0.3) is 0 Å². The van der Waals surface area contributed by atoms with Gasteiger partial charge in [0.1, 0.15) is 11.9 Å². The highest BCUT2D eigenvalue weighted by molar-refractivity contribution is 5.19. The Labute approximate surface area is 111 Å². The quantitative estimate of drug-likeness (QED) is 0.899. The van der Waals surface area contributed by atoms with E-state index in [1.54, 1.807) is 6.07 Å². The second kappa shape index (κ2) is 5.47. The predicted molar refractivity (Wildman–Crippen MR) is 70.1 cm³/mol. The van der Waals surface area contributed by atoms with Crippen molar-refractivity contribution in [1.29, 1.82) is 0 Å². The Kier molecular flexibility index (Phi) is 3.53. The van der Waals surface area contributed by atoms with Gasteiger partial charge in [0.25, 0.3) is 0 Å². The van der Waals surface area contributed by atoms with Gasteiger partial charge >= 0.3 is 0 Å². The van der Waals surface area contributed by atoms with Gasteiger partial charge in [0.15, 0.2) is 0 Å². The molecule has 0 aliphatic carbocycles. The number of aromatic nitrogens is 1. The fraction of sp³-hybridized carbons (Fsp3) is 0.267. The molecule has 2 atom stereocenters. The fourth-order valence-electron chi connectivity index (χ4n) is 2.26. The van der Waals surface area contributed by atoms with E-state index in [1.807, 2.05) is 30.3 Å². The number of benzene rings is 1. The lowest BCUT2D eigenvalue weighted by Crippen LogP contribution is -2.36. The van der Waals surface area contributed by atoms with Crippen LogP contribution in [0.3, 0.4) is 0 Å². The van der Waals surface area contributed by atoms with Crippen molar-refractivity contribution < 1.29 is 9.13 Å². The van der Waals surface area contributed by atoms with Crippen molar-refractivity contribution in [3.8, 4) is 0 Å². The third-order valence-electron chi connectivity index (χ3n) is 3.24. The van der Waals surface area contributed by atoms with E-state index in [0.29, 0.717) is 6.54 Å². The molecule has 1 N–H and O–H groups in total. The average Bonchev–Trinajstić information content (AvgIpc) is 2.49. The average molecular weight is 258 g/mol. The van der Waals surface area contributed by atoms with Gasteiger partial charge in [-0.25, -0.2) is 4.39 Å². The molecule has 1 aliphatic heterocycles. The largest absolute Gasteiger partial charge is 0.361 e. The Morgan fingerprint density at radius 1 is 1.05 bits per heavy atom. The summed E-state index contributed by atoms with van der Waals surface area (Å²) >= 11 is 0. The lowest BCUT2D eigenvalue weighted by molar-refractivity contribution is -0.0427. The SMILES string of the molecule is Fc1ccc(C2CNCC(c3ccccc3)O2)nc1. The molecule has 2 aromatic rings. The summed E-state index contributed by atoms with van der Waals surface area (Å²) in [6.07, 6.45) is 1.09. The van der Waals surface area contributed by atoms with Crippen molar-refractivity contribution in [1.82, 2.24) is 10.3 Å². The maximum atomic E-state index is 12.9. The maximum Gasteiger partial charge on any atom is 0.141 e. The van der Waals surface area contributed by atoms with E-state index in [2.05, 4.69) is 10.3 Å². The van der Waals surface area contributed by atoms with Crippen LogP contribution in [0.5, 0.6) is 0 Å². The molecule has 98 valence electrons. The number of pyridine rings is 1. The highest BCUT2D eigenvalue weighted by Crippen LogP contribution is 2.28. The van der Waals surface area contributed by atoms with Gasteiger partial charge in [-0.05, 0) is 17.7 Å². The molecule has 1 aromatic heterocycles. The van der Waals surface area contributed by atoms with Crippen LogP contribution in [0, 0.1) is 5.82 Å². The zero-order chi connectivity index (χ0) is 13.1. The summed E-state index contributed by atoms with van der Waals surface area (Å²) in [4.78, 5) is 4.09. The first kappa shape index (κ1) is 12.3. The minimum Gasteiger partial charge on any atom is -0.361 e. The highest BCUT2D eigenvalue weighted by Gasteiger charge is 2.25. The molecule has 1 saturated heterocycles. The number of hydrogen-bond acceptors (Lipinski definition) is 3. The molecular formula is C15H15FN2O. The first-order valence-corrected chi connectivity index (χ1v) is 6.35. The van der Waals surface area contributed by atoms with Crippen LogP contribution in [0.1, 0.15) is 23.5 Å². The molecule has 0 amide bonds. The predicted octanol–water partition coefficient (Wildman–Crippen LogP) is 2.62. The molecular weight excluding hydrogens is 243 g/mol. The third kappa shape index (κ3) is 2.80. The molecule has 1 fully saturated rings. The zero-order valence-electron chi connectivity index (χ0n) is 10.4. The van der Waals surface area contributed by atoms with Gasteiger partial charge in [0, 0.05) is 13.1 Å². The van der Waals surface area contributed by atoms with E-state index in [0.717, 1.165) is 17.8 Å². The Morgan fingerprint density at radius 2 is 1.84 bits per heavy atom. The van der Waals surface area contributed by atoms with Gasteiger partial charge in [-0.15, -0.1) is 0 Å². The van der Waals surface area contributed by atoms with Crippen LogP contribution in [-0.4, -0.2) is 18.1 Å². The minimum atomic E-state index is -0.327. The summed E-state index contributed by atoms with van der Waals surface area (Å²) in [5, 5.41) is 3.34. The van der Waals surface area contributed by atoms with Crippen LogP contribution < -0.4 is 5.32 Å². The first-order chi connectivity index (χ1) is 9.33. The van der Waals surface area contributed by atoms with E-state index < -0.39 is 0 Å². The van der Waals surface area contributed by atoms with E-state index in [-0.39, 0.29) is 18.0 Å². The molecule has 0 saturated carbocycles. The monoisotopic (exact) mass is 258 g/mol. The van der Waals surface area contributed by atoms with E-state index in [9.17, 15) is 4.39 Å². The van der Waals surface area contributed by atoms with E-state index in [1.165, 1.54) is 12.3 Å². The molecule has 0 bridgehead atoms. The third-order valence-corrected chi connectivity index (χ3v) is 3.24. The van der Waals surface area contributed by atoms with E-state index in [4.69, 9.17) is 4.74 Å². The molecule has 2 unspecified atom stereocenters. The van der Waals surface area contributed by atoms with Gasteiger partial charge in [0.2, 0.25) is 0 Å². The molecule has 2 heterocycles. The fourth-order valence-corrected chi connectivity index (χ4v) is 2.26. The van der Waals surface area contributed by atoms with Crippen molar-refractivity contribution in [2.24, 2.45) is 0 Å². The lowest BCUT2D eigenvalue weighted by atomic mass is 10.1. The second-order valence-corrected chi connectivity index (χ2v) is 4.58. The topological polar surface area (TPSA) is 34.1 Å². The summed E-state index contributed by atoms with van der Waals surface area (Å²) in [6.45, 7) is 1.48. The van der Waals surface area contributed by atoms with Gasteiger partial charge in [-0.3, -0.25) is 4.98 Å². The van der Waals surface area contributed by atoms with Crippen molar-refractivity contribution in [3.63, 3.8) is 0 Å². The Balaban J connectivity index is 1.76. The summed E-state index contributed by atoms with van der Waals surface area (Å²) < 4.78 is 18.9. The van der Waals surface area contributed by atoms with Crippen molar-refractivity contribution >= 4 is 0 Å².